The highest BCUT2D eigenvalue weighted by Crippen LogP contribution is 2.23. The Morgan fingerprint density at radius 2 is 2.10 bits per heavy atom. The normalized spacial score (nSPS) is 17.3. The number of carbonyl (C=O) groups is 1. The lowest BCUT2D eigenvalue weighted by Gasteiger charge is -2.31. The second-order valence-corrected chi connectivity index (χ2v) is 5.62. The van der Waals surface area contributed by atoms with Gasteiger partial charge in [0.1, 0.15) is 5.82 Å². The fourth-order valence-electron chi connectivity index (χ4n) is 2.89. The molecule has 1 aliphatic heterocycles. The summed E-state index contributed by atoms with van der Waals surface area (Å²) >= 11 is 0. The molecule has 1 saturated heterocycles. The summed E-state index contributed by atoms with van der Waals surface area (Å²) in [6, 6.07) is 4.18. The molecule has 1 aromatic carbocycles. The number of benzene rings is 1. The van der Waals surface area contributed by atoms with Crippen LogP contribution in [0.2, 0.25) is 0 Å². The van der Waals surface area contributed by atoms with E-state index < -0.39 is 11.8 Å². The van der Waals surface area contributed by atoms with Gasteiger partial charge in [-0.25, -0.2) is 9.18 Å². The van der Waals surface area contributed by atoms with E-state index in [9.17, 15) is 9.18 Å². The molecule has 3 nitrogen and oxygen atoms in total. The van der Waals surface area contributed by atoms with Gasteiger partial charge in [0, 0.05) is 12.1 Å². The zero-order valence-electron chi connectivity index (χ0n) is 11.9. The van der Waals surface area contributed by atoms with Gasteiger partial charge in [0.25, 0.3) is 0 Å². The third kappa shape index (κ3) is 3.79. The fraction of sp³-hybridized carbons (Fsp3) is 0.562. The highest BCUT2D eigenvalue weighted by molar-refractivity contribution is 5.87. The van der Waals surface area contributed by atoms with Gasteiger partial charge in [0.05, 0.1) is 5.56 Å². The molecule has 0 aliphatic carbocycles. The standard InChI is InChI=1S/C16H22FNO2/c1-2-3-12-6-8-18(9-7-12)11-14-5-4-13(16(19)20)10-15(14)17/h4-5,10,12H,2-3,6-9,11H2,1H3,(H,19,20). The highest BCUT2D eigenvalue weighted by Gasteiger charge is 2.19. The molecule has 110 valence electrons. The Morgan fingerprint density at radius 1 is 1.40 bits per heavy atom. The molecule has 0 amide bonds. The van der Waals surface area contributed by atoms with E-state index in [1.807, 2.05) is 0 Å². The molecule has 0 aromatic heterocycles. The molecule has 1 aromatic rings. The van der Waals surface area contributed by atoms with Crippen molar-refractivity contribution < 1.29 is 14.3 Å². The number of hydrogen-bond donors (Lipinski definition) is 1. The van der Waals surface area contributed by atoms with E-state index in [1.165, 1.54) is 31.7 Å². The van der Waals surface area contributed by atoms with Gasteiger partial charge in [0.2, 0.25) is 0 Å². The first-order chi connectivity index (χ1) is 9.60. The minimum atomic E-state index is -1.09. The monoisotopic (exact) mass is 279 g/mol. The average molecular weight is 279 g/mol. The van der Waals surface area contributed by atoms with Crippen LogP contribution in [0.25, 0.3) is 0 Å². The molecule has 0 bridgehead atoms. The molecular formula is C16H22FNO2. The van der Waals surface area contributed by atoms with E-state index in [2.05, 4.69) is 11.8 Å². The van der Waals surface area contributed by atoms with E-state index in [-0.39, 0.29) is 5.56 Å². The van der Waals surface area contributed by atoms with Crippen LogP contribution in [0.5, 0.6) is 0 Å². The van der Waals surface area contributed by atoms with Crippen molar-refractivity contribution in [2.75, 3.05) is 13.1 Å². The number of rotatable bonds is 5. The SMILES string of the molecule is CCCC1CCN(Cc2ccc(C(=O)O)cc2F)CC1. The minimum Gasteiger partial charge on any atom is -0.478 e. The summed E-state index contributed by atoms with van der Waals surface area (Å²) in [6.07, 6.45) is 4.89. The van der Waals surface area contributed by atoms with Crippen LogP contribution in [0.4, 0.5) is 4.39 Å². The van der Waals surface area contributed by atoms with Crippen molar-refractivity contribution in [3.8, 4) is 0 Å². The van der Waals surface area contributed by atoms with Crippen molar-refractivity contribution >= 4 is 5.97 Å². The van der Waals surface area contributed by atoms with Crippen LogP contribution in [0.3, 0.4) is 0 Å². The van der Waals surface area contributed by atoms with Gasteiger partial charge < -0.3 is 5.11 Å². The quantitative estimate of drug-likeness (QED) is 0.896. The molecule has 1 heterocycles. The van der Waals surface area contributed by atoms with Gasteiger partial charge in [-0.3, -0.25) is 4.90 Å². The van der Waals surface area contributed by atoms with Gasteiger partial charge in [-0.2, -0.15) is 0 Å². The molecule has 4 heteroatoms. The summed E-state index contributed by atoms with van der Waals surface area (Å²) in [6.45, 7) is 4.80. The lowest BCUT2D eigenvalue weighted by atomic mass is 9.92. The number of aromatic carboxylic acids is 1. The van der Waals surface area contributed by atoms with Crippen molar-refractivity contribution in [3.05, 3.63) is 35.1 Å². The topological polar surface area (TPSA) is 40.5 Å². The molecular weight excluding hydrogens is 257 g/mol. The number of carboxylic acids is 1. The molecule has 1 fully saturated rings. The summed E-state index contributed by atoms with van der Waals surface area (Å²) in [5, 5.41) is 8.82. The molecule has 0 atom stereocenters. The summed E-state index contributed by atoms with van der Waals surface area (Å²) < 4.78 is 13.9. The highest BCUT2D eigenvalue weighted by atomic mass is 19.1. The van der Waals surface area contributed by atoms with Gasteiger partial charge in [-0.1, -0.05) is 25.8 Å². The van der Waals surface area contributed by atoms with Crippen molar-refractivity contribution in [2.24, 2.45) is 5.92 Å². The smallest absolute Gasteiger partial charge is 0.335 e. The van der Waals surface area contributed by atoms with Crippen LogP contribution < -0.4 is 0 Å². The first kappa shape index (κ1) is 15.0. The first-order valence-electron chi connectivity index (χ1n) is 7.34. The lowest BCUT2D eigenvalue weighted by molar-refractivity contribution is 0.0696. The van der Waals surface area contributed by atoms with Gasteiger partial charge >= 0.3 is 5.97 Å². The van der Waals surface area contributed by atoms with Gasteiger partial charge in [-0.15, -0.1) is 0 Å². The Labute approximate surface area is 119 Å². The van der Waals surface area contributed by atoms with Crippen LogP contribution in [0.15, 0.2) is 18.2 Å². The molecule has 0 radical (unpaired) electrons. The van der Waals surface area contributed by atoms with Crippen molar-refractivity contribution in [1.29, 1.82) is 0 Å². The summed E-state index contributed by atoms with van der Waals surface area (Å²) in [5.41, 5.74) is 0.594. The van der Waals surface area contributed by atoms with Crippen LogP contribution in [-0.4, -0.2) is 29.1 Å². The average Bonchev–Trinajstić information content (AvgIpc) is 2.43. The number of halogens is 1. The largest absolute Gasteiger partial charge is 0.478 e. The Bertz CT molecular complexity index is 468. The molecule has 2 rings (SSSR count). The van der Waals surface area contributed by atoms with Crippen LogP contribution in [0, 0.1) is 11.7 Å². The Balaban J connectivity index is 1.93. The molecule has 1 aliphatic rings. The van der Waals surface area contributed by atoms with E-state index in [0.717, 1.165) is 25.1 Å². The van der Waals surface area contributed by atoms with Crippen LogP contribution >= 0.6 is 0 Å². The molecule has 1 N–H and O–H groups in total. The summed E-state index contributed by atoms with van der Waals surface area (Å²) in [4.78, 5) is 13.0. The summed E-state index contributed by atoms with van der Waals surface area (Å²) in [7, 11) is 0. The van der Waals surface area contributed by atoms with E-state index in [1.54, 1.807) is 6.07 Å². The number of piperidine rings is 1. The Hall–Kier alpha value is -1.42. The predicted molar refractivity (Wildman–Crippen MR) is 76.3 cm³/mol. The van der Waals surface area contributed by atoms with Gasteiger partial charge in [0.15, 0.2) is 0 Å². The molecule has 0 saturated carbocycles. The molecule has 20 heavy (non-hydrogen) atoms. The molecule has 0 spiro atoms. The second-order valence-electron chi connectivity index (χ2n) is 5.62. The predicted octanol–water partition coefficient (Wildman–Crippen LogP) is 3.54. The van der Waals surface area contributed by atoms with Crippen molar-refractivity contribution in [1.82, 2.24) is 4.90 Å². The van der Waals surface area contributed by atoms with Crippen LogP contribution in [0.1, 0.15) is 48.5 Å². The molecule has 0 unspecified atom stereocenters. The van der Waals surface area contributed by atoms with Crippen molar-refractivity contribution in [3.63, 3.8) is 0 Å². The minimum absolute atomic E-state index is 0.00732. The van der Waals surface area contributed by atoms with E-state index in [4.69, 9.17) is 5.11 Å². The third-order valence-electron chi connectivity index (χ3n) is 4.10. The third-order valence-corrected chi connectivity index (χ3v) is 4.10. The van der Waals surface area contributed by atoms with E-state index in [0.29, 0.717) is 12.1 Å². The number of likely N-dealkylation sites (tertiary alicyclic amines) is 1. The summed E-state index contributed by atoms with van der Waals surface area (Å²) in [5.74, 6) is -0.688. The maximum absolute atomic E-state index is 13.9. The van der Waals surface area contributed by atoms with E-state index >= 15 is 0 Å². The number of hydrogen-bond acceptors (Lipinski definition) is 2. The second kappa shape index (κ2) is 6.84. The number of carboxylic acid groups (broad SMARTS) is 1. The zero-order valence-corrected chi connectivity index (χ0v) is 11.9. The Morgan fingerprint density at radius 3 is 2.65 bits per heavy atom. The van der Waals surface area contributed by atoms with Crippen molar-refractivity contribution in [2.45, 2.75) is 39.2 Å². The Kier molecular flexibility index (Phi) is 5.12. The fourth-order valence-corrected chi connectivity index (χ4v) is 2.89. The van der Waals surface area contributed by atoms with Gasteiger partial charge in [-0.05, 0) is 44.0 Å². The lowest BCUT2D eigenvalue weighted by Crippen LogP contribution is -2.33. The van der Waals surface area contributed by atoms with Crippen LogP contribution in [-0.2, 0) is 6.54 Å². The zero-order chi connectivity index (χ0) is 14.5. The maximum atomic E-state index is 13.9. The first-order valence-corrected chi connectivity index (χ1v) is 7.34. The maximum Gasteiger partial charge on any atom is 0.335 e. The number of nitrogens with zero attached hydrogens (tertiary/aromatic N) is 1.